The molecule has 1 aromatic carbocycles. The van der Waals surface area contributed by atoms with E-state index in [0.29, 0.717) is 0 Å². The van der Waals surface area contributed by atoms with Gasteiger partial charge in [0.05, 0.1) is 0 Å². The second-order valence-electron chi connectivity index (χ2n) is 6.13. The molecule has 5 nitrogen and oxygen atoms in total. The molecule has 1 heterocycles. The minimum absolute atomic E-state index is 0.194. The maximum Gasteiger partial charge on any atom is 0.330 e. The molecule has 1 aliphatic rings. The van der Waals surface area contributed by atoms with Crippen molar-refractivity contribution >= 4 is 24.5 Å². The molecule has 2 rings (SSSR count). The van der Waals surface area contributed by atoms with Gasteiger partial charge in [-0.05, 0) is 38.5 Å². The van der Waals surface area contributed by atoms with Gasteiger partial charge in [0.25, 0.3) is 0 Å². The number of carbonyl (C=O) groups is 2. The van der Waals surface area contributed by atoms with Crippen LogP contribution in [0.5, 0.6) is 0 Å². The van der Waals surface area contributed by atoms with Crippen molar-refractivity contribution in [2.45, 2.75) is 37.2 Å². The number of ether oxygens (including phenoxy) is 1. The molecule has 1 saturated heterocycles. The number of amides is 1. The van der Waals surface area contributed by atoms with Crippen molar-refractivity contribution in [3.05, 3.63) is 35.9 Å². The molecule has 1 aromatic rings. The lowest BCUT2D eigenvalue weighted by molar-refractivity contribution is -0.150. The Morgan fingerprint density at radius 2 is 1.91 bits per heavy atom. The second kappa shape index (κ2) is 7.84. The number of hydrogen-bond donors (Lipinski definition) is 2. The van der Waals surface area contributed by atoms with Crippen molar-refractivity contribution in [3.63, 3.8) is 0 Å². The molecule has 0 saturated carbocycles. The summed E-state index contributed by atoms with van der Waals surface area (Å²) in [4.78, 5) is 26.2. The van der Waals surface area contributed by atoms with E-state index in [0.717, 1.165) is 31.5 Å². The Labute approximate surface area is 142 Å². The van der Waals surface area contributed by atoms with Crippen LogP contribution in [0.1, 0.15) is 25.3 Å². The van der Waals surface area contributed by atoms with Gasteiger partial charge in [-0.15, -0.1) is 0 Å². The van der Waals surface area contributed by atoms with Crippen LogP contribution in [0.3, 0.4) is 0 Å². The highest BCUT2D eigenvalue weighted by molar-refractivity contribution is 7.82. The fourth-order valence-electron chi connectivity index (χ4n) is 2.72. The summed E-state index contributed by atoms with van der Waals surface area (Å²) in [5.41, 5.74) is 0.916. The van der Waals surface area contributed by atoms with Crippen molar-refractivity contribution < 1.29 is 14.3 Å². The Bertz CT molecular complexity index is 542. The van der Waals surface area contributed by atoms with Crippen LogP contribution in [0.25, 0.3) is 0 Å². The Hall–Kier alpha value is -1.53. The molecule has 0 spiro atoms. The average molecular weight is 336 g/mol. The molecule has 0 radical (unpaired) electrons. The van der Waals surface area contributed by atoms with Crippen LogP contribution < -0.4 is 5.32 Å². The summed E-state index contributed by atoms with van der Waals surface area (Å²) < 4.78 is 4.84. The molecule has 1 N–H and O–H groups in total. The van der Waals surface area contributed by atoms with Gasteiger partial charge in [0, 0.05) is 11.7 Å². The molecule has 1 amide bonds. The molecule has 1 aliphatic heterocycles. The third-order valence-corrected chi connectivity index (χ3v) is 4.90. The second-order valence-corrected chi connectivity index (χ2v) is 7.02. The number of rotatable bonds is 5. The number of benzene rings is 1. The van der Waals surface area contributed by atoms with Crippen LogP contribution in [0.2, 0.25) is 0 Å². The molecule has 0 aromatic heterocycles. The maximum atomic E-state index is 12.5. The SMILES string of the molecule is CC(=O)NC(C(=O)OCc1ccccc1)C1(S)CCN(C)CC1. The predicted octanol–water partition coefficient (Wildman–Crippen LogP) is 1.63. The lowest BCUT2D eigenvalue weighted by Crippen LogP contribution is -2.58. The highest BCUT2D eigenvalue weighted by Crippen LogP contribution is 2.32. The lowest BCUT2D eigenvalue weighted by Gasteiger charge is -2.41. The highest BCUT2D eigenvalue weighted by Gasteiger charge is 2.43. The predicted molar refractivity (Wildman–Crippen MR) is 92.3 cm³/mol. The molecule has 0 aliphatic carbocycles. The normalized spacial score (nSPS) is 18.9. The molecular formula is C17H24N2O3S. The van der Waals surface area contributed by atoms with Crippen molar-refractivity contribution in [2.24, 2.45) is 0 Å². The number of thiol groups is 1. The number of esters is 1. The molecule has 1 fully saturated rings. The zero-order chi connectivity index (χ0) is 16.9. The van der Waals surface area contributed by atoms with Crippen LogP contribution in [-0.4, -0.2) is 47.7 Å². The molecule has 1 unspecified atom stereocenters. The molecular weight excluding hydrogens is 312 g/mol. The van der Waals surface area contributed by atoms with E-state index < -0.39 is 16.8 Å². The standard InChI is InChI=1S/C17H24N2O3S/c1-13(20)18-15(17(23)8-10-19(2)11-9-17)16(21)22-12-14-6-4-3-5-7-14/h3-7,15,23H,8-12H2,1-2H3,(H,18,20). The van der Waals surface area contributed by atoms with Crippen LogP contribution in [0, 0.1) is 0 Å². The van der Waals surface area contributed by atoms with Crippen LogP contribution in [-0.2, 0) is 20.9 Å². The molecule has 1 atom stereocenters. The van der Waals surface area contributed by atoms with Gasteiger partial charge in [0.2, 0.25) is 5.91 Å². The quantitative estimate of drug-likeness (QED) is 0.634. The first-order valence-corrected chi connectivity index (χ1v) is 8.24. The highest BCUT2D eigenvalue weighted by atomic mass is 32.1. The maximum absolute atomic E-state index is 12.5. The minimum atomic E-state index is -0.735. The summed E-state index contributed by atoms with van der Waals surface area (Å²) in [5, 5.41) is 2.73. The first-order valence-electron chi connectivity index (χ1n) is 7.79. The van der Waals surface area contributed by atoms with Crippen LogP contribution in [0.15, 0.2) is 30.3 Å². The van der Waals surface area contributed by atoms with E-state index in [1.54, 1.807) is 0 Å². The first-order chi connectivity index (χ1) is 10.9. The van der Waals surface area contributed by atoms with E-state index in [-0.39, 0.29) is 12.5 Å². The number of nitrogens with zero attached hydrogens (tertiary/aromatic N) is 1. The third kappa shape index (κ3) is 4.97. The van der Waals surface area contributed by atoms with Crippen molar-refractivity contribution in [3.8, 4) is 0 Å². The van der Waals surface area contributed by atoms with Gasteiger partial charge in [0.1, 0.15) is 12.6 Å². The lowest BCUT2D eigenvalue weighted by atomic mass is 9.88. The van der Waals surface area contributed by atoms with E-state index >= 15 is 0 Å². The van der Waals surface area contributed by atoms with Gasteiger partial charge in [-0.25, -0.2) is 4.79 Å². The zero-order valence-electron chi connectivity index (χ0n) is 13.6. The van der Waals surface area contributed by atoms with E-state index in [2.05, 4.69) is 10.2 Å². The third-order valence-electron chi connectivity index (χ3n) is 4.20. The van der Waals surface area contributed by atoms with Gasteiger partial charge in [0.15, 0.2) is 0 Å². The minimum Gasteiger partial charge on any atom is -0.459 e. The van der Waals surface area contributed by atoms with Crippen LogP contribution >= 0.6 is 12.6 Å². The van der Waals surface area contributed by atoms with Gasteiger partial charge >= 0.3 is 5.97 Å². The Morgan fingerprint density at radius 3 is 2.48 bits per heavy atom. The molecule has 126 valence electrons. The number of hydrogen-bond acceptors (Lipinski definition) is 5. The molecule has 6 heteroatoms. The van der Waals surface area contributed by atoms with E-state index in [9.17, 15) is 9.59 Å². The van der Waals surface area contributed by atoms with Crippen molar-refractivity contribution in [1.82, 2.24) is 10.2 Å². The summed E-state index contributed by atoms with van der Waals surface area (Å²) in [7, 11) is 2.04. The topological polar surface area (TPSA) is 58.6 Å². The Balaban J connectivity index is 2.05. The fraction of sp³-hybridized carbons (Fsp3) is 0.529. The fourth-order valence-corrected chi connectivity index (χ4v) is 3.09. The number of nitrogens with one attached hydrogen (secondary N) is 1. The average Bonchev–Trinajstić information content (AvgIpc) is 2.54. The Morgan fingerprint density at radius 1 is 1.30 bits per heavy atom. The van der Waals surface area contributed by atoms with Crippen LogP contribution in [0.4, 0.5) is 0 Å². The zero-order valence-corrected chi connectivity index (χ0v) is 14.5. The summed E-state index contributed by atoms with van der Waals surface area (Å²) in [6, 6.07) is 8.75. The smallest absolute Gasteiger partial charge is 0.330 e. The van der Waals surface area contributed by atoms with Gasteiger partial charge < -0.3 is 15.0 Å². The molecule has 23 heavy (non-hydrogen) atoms. The van der Waals surface area contributed by atoms with Gasteiger partial charge in [-0.3, -0.25) is 4.79 Å². The van der Waals surface area contributed by atoms with E-state index in [1.807, 2.05) is 37.4 Å². The Kier molecular flexibility index (Phi) is 6.07. The first kappa shape index (κ1) is 17.8. The number of piperidine rings is 1. The van der Waals surface area contributed by atoms with Gasteiger partial charge in [-0.2, -0.15) is 12.6 Å². The molecule has 0 bridgehead atoms. The largest absolute Gasteiger partial charge is 0.459 e. The van der Waals surface area contributed by atoms with Crippen molar-refractivity contribution in [1.29, 1.82) is 0 Å². The summed E-state index contributed by atoms with van der Waals surface area (Å²) in [5.74, 6) is -0.678. The summed E-state index contributed by atoms with van der Waals surface area (Å²) >= 11 is 4.74. The number of carbonyl (C=O) groups excluding carboxylic acids is 2. The van der Waals surface area contributed by atoms with E-state index in [1.165, 1.54) is 6.92 Å². The number of likely N-dealkylation sites (tertiary alicyclic amines) is 1. The monoisotopic (exact) mass is 336 g/mol. The summed E-state index contributed by atoms with van der Waals surface area (Å²) in [6.07, 6.45) is 1.44. The van der Waals surface area contributed by atoms with E-state index in [4.69, 9.17) is 17.4 Å². The summed E-state index contributed by atoms with van der Waals surface area (Å²) in [6.45, 7) is 3.28. The van der Waals surface area contributed by atoms with Crippen molar-refractivity contribution in [2.75, 3.05) is 20.1 Å². The van der Waals surface area contributed by atoms with Gasteiger partial charge in [-0.1, -0.05) is 30.3 Å².